The summed E-state index contributed by atoms with van der Waals surface area (Å²) in [5.74, 6) is -1.54. The Balaban J connectivity index is 0.000000527. The highest BCUT2D eigenvalue weighted by Crippen LogP contribution is 2.29. The van der Waals surface area contributed by atoms with Crippen molar-refractivity contribution in [1.29, 1.82) is 0 Å². The Morgan fingerprint density at radius 1 is 1.00 bits per heavy atom. The number of rotatable bonds is 7. The van der Waals surface area contributed by atoms with Crippen LogP contribution in [0.5, 0.6) is 17.2 Å². The number of quaternary nitrogens is 1. The fraction of sp³-hybridized carbons (Fsp3) is 0.263. The van der Waals surface area contributed by atoms with Crippen LogP contribution in [0.3, 0.4) is 0 Å². The zero-order valence-electron chi connectivity index (χ0n) is 15.4. The molecule has 0 aliphatic carbocycles. The highest BCUT2D eigenvalue weighted by Gasteiger charge is 2.10. The molecular formula is C19H23NO7. The lowest BCUT2D eigenvalue weighted by molar-refractivity contribution is -0.686. The highest BCUT2D eigenvalue weighted by atomic mass is 16.5. The highest BCUT2D eigenvalue weighted by molar-refractivity contribution is 6.26. The average Bonchev–Trinajstić information content (AvgIpc) is 2.68. The summed E-state index contributed by atoms with van der Waals surface area (Å²) < 4.78 is 16.0. The SMILES string of the molecule is COc1cccc(C[NH2+]Cc2cccc(OC)c2OC)c1.O=C([O-])C(=O)O. The number of benzene rings is 2. The van der Waals surface area contributed by atoms with Crippen LogP contribution in [-0.4, -0.2) is 38.4 Å². The molecule has 8 nitrogen and oxygen atoms in total. The van der Waals surface area contributed by atoms with E-state index in [-0.39, 0.29) is 0 Å². The van der Waals surface area contributed by atoms with Crippen molar-refractivity contribution in [3.63, 3.8) is 0 Å². The van der Waals surface area contributed by atoms with Crippen molar-refractivity contribution in [3.8, 4) is 17.2 Å². The van der Waals surface area contributed by atoms with E-state index in [0.29, 0.717) is 0 Å². The largest absolute Gasteiger partial charge is 0.539 e. The molecule has 0 aliphatic heterocycles. The number of carboxylic acids is 2. The minimum absolute atomic E-state index is 0.768. The molecule has 0 spiro atoms. The predicted molar refractivity (Wildman–Crippen MR) is 94.5 cm³/mol. The van der Waals surface area contributed by atoms with E-state index in [4.69, 9.17) is 34.0 Å². The Kier molecular flexibility index (Phi) is 9.18. The Morgan fingerprint density at radius 2 is 1.67 bits per heavy atom. The second-order valence-corrected chi connectivity index (χ2v) is 5.29. The molecule has 8 heteroatoms. The minimum atomic E-state index is -2.07. The number of hydrogen-bond acceptors (Lipinski definition) is 6. The van der Waals surface area contributed by atoms with Gasteiger partial charge in [-0.2, -0.15) is 0 Å². The summed E-state index contributed by atoms with van der Waals surface area (Å²) in [4.78, 5) is 18.0. The van der Waals surface area contributed by atoms with Gasteiger partial charge < -0.3 is 34.5 Å². The Morgan fingerprint density at radius 3 is 2.22 bits per heavy atom. The standard InChI is InChI=1S/C17H21NO3.C2H2O4/c1-19-15-8-4-6-13(10-15)11-18-12-14-7-5-9-16(20-2)17(14)21-3;3-1(4)2(5)6/h4-10,18H,11-12H2,1-3H3;(H,3,4)(H,5,6). The van der Waals surface area contributed by atoms with Gasteiger partial charge in [-0.25, -0.2) is 4.79 Å². The van der Waals surface area contributed by atoms with Crippen molar-refractivity contribution in [2.75, 3.05) is 21.3 Å². The fourth-order valence-electron chi connectivity index (χ4n) is 2.31. The van der Waals surface area contributed by atoms with E-state index in [9.17, 15) is 0 Å². The smallest absolute Gasteiger partial charge is 0.351 e. The number of carboxylic acid groups (broad SMARTS) is 2. The molecule has 146 valence electrons. The third-order valence-electron chi connectivity index (χ3n) is 3.54. The summed E-state index contributed by atoms with van der Waals surface area (Å²) >= 11 is 0. The van der Waals surface area contributed by atoms with Gasteiger partial charge in [-0.3, -0.25) is 0 Å². The molecule has 0 bridgehead atoms. The van der Waals surface area contributed by atoms with Crippen molar-refractivity contribution in [2.24, 2.45) is 0 Å². The quantitative estimate of drug-likeness (QED) is 0.641. The molecule has 2 aromatic carbocycles. The molecule has 0 fully saturated rings. The van der Waals surface area contributed by atoms with Crippen molar-refractivity contribution in [2.45, 2.75) is 13.1 Å². The molecule has 0 saturated carbocycles. The summed E-state index contributed by atoms with van der Waals surface area (Å²) in [5, 5.41) is 18.5. The van der Waals surface area contributed by atoms with Crippen molar-refractivity contribution < 1.29 is 39.3 Å². The van der Waals surface area contributed by atoms with E-state index in [0.717, 1.165) is 35.9 Å². The van der Waals surface area contributed by atoms with Gasteiger partial charge in [0, 0.05) is 5.56 Å². The lowest BCUT2D eigenvalue weighted by Crippen LogP contribution is -2.80. The molecule has 0 aromatic heterocycles. The zero-order valence-corrected chi connectivity index (χ0v) is 15.4. The van der Waals surface area contributed by atoms with E-state index in [1.54, 1.807) is 21.3 Å². The number of carbonyl (C=O) groups is 2. The number of ether oxygens (including phenoxy) is 3. The van der Waals surface area contributed by atoms with Crippen LogP contribution >= 0.6 is 0 Å². The van der Waals surface area contributed by atoms with Gasteiger partial charge in [-0.1, -0.05) is 18.2 Å². The maximum Gasteiger partial charge on any atom is 0.351 e. The van der Waals surface area contributed by atoms with Crippen LogP contribution in [-0.2, 0) is 22.7 Å². The van der Waals surface area contributed by atoms with E-state index in [1.165, 1.54) is 5.56 Å². The van der Waals surface area contributed by atoms with Crippen molar-refractivity contribution in [3.05, 3.63) is 53.6 Å². The number of para-hydroxylation sites is 1. The molecule has 0 heterocycles. The van der Waals surface area contributed by atoms with E-state index in [1.807, 2.05) is 24.3 Å². The van der Waals surface area contributed by atoms with Crippen molar-refractivity contribution in [1.82, 2.24) is 0 Å². The molecule has 2 rings (SSSR count). The van der Waals surface area contributed by atoms with Gasteiger partial charge in [-0.05, 0) is 24.3 Å². The van der Waals surface area contributed by atoms with Gasteiger partial charge in [0.2, 0.25) is 0 Å². The van der Waals surface area contributed by atoms with Gasteiger partial charge >= 0.3 is 5.97 Å². The van der Waals surface area contributed by atoms with E-state index >= 15 is 0 Å². The topological polar surface area (TPSA) is 122 Å². The molecule has 0 unspecified atom stereocenters. The molecule has 0 radical (unpaired) electrons. The fourth-order valence-corrected chi connectivity index (χ4v) is 2.31. The third-order valence-corrected chi connectivity index (χ3v) is 3.54. The van der Waals surface area contributed by atoms with E-state index < -0.39 is 11.9 Å². The molecule has 3 N–H and O–H groups in total. The third kappa shape index (κ3) is 7.25. The predicted octanol–water partition coefficient (Wildman–Crippen LogP) is -0.203. The number of carbonyl (C=O) groups excluding carboxylic acids is 1. The van der Waals surface area contributed by atoms with Crippen LogP contribution in [0.15, 0.2) is 42.5 Å². The lowest BCUT2D eigenvalue weighted by atomic mass is 10.1. The normalized spacial score (nSPS) is 9.59. The summed E-state index contributed by atoms with van der Waals surface area (Å²) in [6, 6.07) is 14.1. The number of aliphatic carboxylic acids is 2. The number of methoxy groups -OCH3 is 3. The summed E-state index contributed by atoms with van der Waals surface area (Å²) in [6.45, 7) is 1.72. The van der Waals surface area contributed by atoms with Crippen LogP contribution in [0.2, 0.25) is 0 Å². The van der Waals surface area contributed by atoms with Crippen LogP contribution in [0.1, 0.15) is 11.1 Å². The zero-order chi connectivity index (χ0) is 20.2. The average molecular weight is 377 g/mol. The molecular weight excluding hydrogens is 354 g/mol. The molecule has 27 heavy (non-hydrogen) atoms. The van der Waals surface area contributed by atoms with Gasteiger partial charge in [0.15, 0.2) is 17.5 Å². The minimum Gasteiger partial charge on any atom is -0.539 e. The maximum absolute atomic E-state index is 9.04. The monoisotopic (exact) mass is 377 g/mol. The summed E-state index contributed by atoms with van der Waals surface area (Å²) in [6.07, 6.45) is 0. The number of hydrogen-bond donors (Lipinski definition) is 2. The Bertz CT molecular complexity index is 749. The molecule has 2 aromatic rings. The van der Waals surface area contributed by atoms with E-state index in [2.05, 4.69) is 23.5 Å². The first-order valence-corrected chi connectivity index (χ1v) is 8.01. The van der Waals surface area contributed by atoms with Crippen LogP contribution in [0.4, 0.5) is 0 Å². The Labute approximate surface area is 157 Å². The summed E-state index contributed by atoms with van der Waals surface area (Å²) in [5.41, 5.74) is 2.36. The summed E-state index contributed by atoms with van der Waals surface area (Å²) in [7, 11) is 5.01. The Hall–Kier alpha value is -3.26. The van der Waals surface area contributed by atoms with Gasteiger partial charge in [0.1, 0.15) is 18.8 Å². The first-order chi connectivity index (χ1) is 12.9. The van der Waals surface area contributed by atoms with Crippen LogP contribution in [0.25, 0.3) is 0 Å². The van der Waals surface area contributed by atoms with Crippen LogP contribution in [0, 0.1) is 0 Å². The van der Waals surface area contributed by atoms with Gasteiger partial charge in [-0.15, -0.1) is 0 Å². The van der Waals surface area contributed by atoms with Gasteiger partial charge in [0.25, 0.3) is 0 Å². The number of nitrogens with two attached hydrogens (primary N) is 1. The molecule has 0 saturated heterocycles. The van der Waals surface area contributed by atoms with Gasteiger partial charge in [0.05, 0.1) is 26.9 Å². The lowest BCUT2D eigenvalue weighted by Gasteiger charge is -2.11. The second-order valence-electron chi connectivity index (χ2n) is 5.29. The second kappa shape index (κ2) is 11.4. The molecule has 0 amide bonds. The first kappa shape index (κ1) is 21.8. The maximum atomic E-state index is 9.04. The first-order valence-electron chi connectivity index (χ1n) is 8.01. The molecule has 0 atom stereocenters. The van der Waals surface area contributed by atoms with Crippen LogP contribution < -0.4 is 24.6 Å². The van der Waals surface area contributed by atoms with Crippen molar-refractivity contribution >= 4 is 11.9 Å². The molecule has 0 aliphatic rings.